The average Bonchev–Trinajstić information content (AvgIpc) is 2.27. The maximum Gasteiger partial charge on any atom is 0.0289 e. The van der Waals surface area contributed by atoms with Gasteiger partial charge in [0.05, 0.1) is 0 Å². The van der Waals surface area contributed by atoms with Crippen molar-refractivity contribution in [2.45, 2.75) is 0 Å². The van der Waals surface area contributed by atoms with Crippen LogP contribution in [0.3, 0.4) is 0 Å². The first kappa shape index (κ1) is 12.5. The third kappa shape index (κ3) is 3.21. The van der Waals surface area contributed by atoms with E-state index in [4.69, 9.17) is 0 Å². The maximum absolute atomic E-state index is 3.54. The van der Waals surface area contributed by atoms with E-state index >= 15 is 0 Å². The lowest BCUT2D eigenvalue weighted by Crippen LogP contribution is -1.96. The van der Waals surface area contributed by atoms with Crippen LogP contribution in [0.1, 0.15) is 5.56 Å². The van der Waals surface area contributed by atoms with Gasteiger partial charge in [-0.15, -0.1) is 0 Å². The van der Waals surface area contributed by atoms with Crippen LogP contribution < -0.4 is 0 Å². The molecule has 0 saturated heterocycles. The van der Waals surface area contributed by atoms with Gasteiger partial charge in [0.25, 0.3) is 0 Å². The number of hydrogen-bond acceptors (Lipinski definition) is 0. The number of rotatable bonds is 4. The van der Waals surface area contributed by atoms with Gasteiger partial charge in [-0.2, -0.15) is 0 Å². The molecule has 0 heterocycles. The molecule has 0 unspecified atom stereocenters. The minimum atomic E-state index is 0.892. The Kier molecular flexibility index (Phi) is 6.06. The standard InChI is InChI=1S/C11H11Br3/c12-6-10(7-13)11(8-14)9-4-2-1-3-5-9/h1-5H,6-8H2. The first-order valence-corrected chi connectivity index (χ1v) is 7.64. The van der Waals surface area contributed by atoms with E-state index in [1.54, 1.807) is 0 Å². The zero-order valence-electron chi connectivity index (χ0n) is 7.64. The number of halogens is 3. The van der Waals surface area contributed by atoms with Gasteiger partial charge in [0.15, 0.2) is 0 Å². The van der Waals surface area contributed by atoms with Gasteiger partial charge in [0.2, 0.25) is 0 Å². The zero-order valence-corrected chi connectivity index (χ0v) is 12.4. The molecule has 0 nitrogen and oxygen atoms in total. The molecule has 0 N–H and O–H groups in total. The molecule has 1 rings (SSSR count). The molecular formula is C11H11Br3. The number of hydrogen-bond donors (Lipinski definition) is 0. The largest absolute Gasteiger partial charge is 0.0879 e. The summed E-state index contributed by atoms with van der Waals surface area (Å²) >= 11 is 10.5. The Hall–Kier alpha value is 0.400. The van der Waals surface area contributed by atoms with Crippen LogP contribution in [0.15, 0.2) is 35.9 Å². The van der Waals surface area contributed by atoms with Gasteiger partial charge in [0, 0.05) is 16.0 Å². The van der Waals surface area contributed by atoms with Crippen LogP contribution in [0.25, 0.3) is 5.57 Å². The summed E-state index contributed by atoms with van der Waals surface area (Å²) in [5.74, 6) is 0. The summed E-state index contributed by atoms with van der Waals surface area (Å²) in [6.45, 7) is 0. The van der Waals surface area contributed by atoms with E-state index in [2.05, 4.69) is 72.1 Å². The molecule has 1 aromatic carbocycles. The summed E-state index contributed by atoms with van der Waals surface area (Å²) < 4.78 is 0. The zero-order chi connectivity index (χ0) is 10.4. The minimum absolute atomic E-state index is 0.892. The van der Waals surface area contributed by atoms with Gasteiger partial charge < -0.3 is 0 Å². The van der Waals surface area contributed by atoms with Gasteiger partial charge in [0.1, 0.15) is 0 Å². The van der Waals surface area contributed by atoms with Crippen LogP contribution in [-0.4, -0.2) is 16.0 Å². The van der Waals surface area contributed by atoms with E-state index in [9.17, 15) is 0 Å². The summed E-state index contributed by atoms with van der Waals surface area (Å²) in [6.07, 6.45) is 0. The van der Waals surface area contributed by atoms with Crippen molar-refractivity contribution in [1.29, 1.82) is 0 Å². The molecule has 0 fully saturated rings. The van der Waals surface area contributed by atoms with Crippen molar-refractivity contribution in [1.82, 2.24) is 0 Å². The molecule has 0 radical (unpaired) electrons. The van der Waals surface area contributed by atoms with Crippen molar-refractivity contribution in [2.75, 3.05) is 16.0 Å². The van der Waals surface area contributed by atoms with Crippen LogP contribution >= 0.6 is 47.8 Å². The van der Waals surface area contributed by atoms with Gasteiger partial charge in [-0.3, -0.25) is 0 Å². The Labute approximate surface area is 110 Å². The van der Waals surface area contributed by atoms with Crippen LogP contribution in [0, 0.1) is 0 Å². The van der Waals surface area contributed by atoms with Crippen LogP contribution in [0.5, 0.6) is 0 Å². The summed E-state index contributed by atoms with van der Waals surface area (Å²) in [5, 5.41) is 2.71. The molecule has 0 atom stereocenters. The fourth-order valence-electron chi connectivity index (χ4n) is 1.21. The van der Waals surface area contributed by atoms with Crippen molar-refractivity contribution < 1.29 is 0 Å². The fourth-order valence-corrected chi connectivity index (χ4v) is 3.54. The van der Waals surface area contributed by atoms with E-state index in [1.165, 1.54) is 16.7 Å². The number of alkyl halides is 3. The normalized spacial score (nSPS) is 9.93. The van der Waals surface area contributed by atoms with E-state index in [1.807, 2.05) is 6.07 Å². The average molecular weight is 383 g/mol. The van der Waals surface area contributed by atoms with E-state index in [-0.39, 0.29) is 0 Å². The third-order valence-corrected chi connectivity index (χ3v) is 3.92. The van der Waals surface area contributed by atoms with E-state index in [0.717, 1.165) is 16.0 Å². The van der Waals surface area contributed by atoms with Crippen LogP contribution in [0.2, 0.25) is 0 Å². The van der Waals surface area contributed by atoms with E-state index in [0.29, 0.717) is 0 Å². The summed E-state index contributed by atoms with van der Waals surface area (Å²) in [4.78, 5) is 0. The topological polar surface area (TPSA) is 0 Å². The molecule has 14 heavy (non-hydrogen) atoms. The summed E-state index contributed by atoms with van der Waals surface area (Å²) in [7, 11) is 0. The molecule has 0 saturated carbocycles. The Morgan fingerprint density at radius 3 is 1.86 bits per heavy atom. The molecular weight excluding hydrogens is 372 g/mol. The summed E-state index contributed by atoms with van der Waals surface area (Å²) in [6, 6.07) is 10.5. The molecule has 0 bridgehead atoms. The lowest BCUT2D eigenvalue weighted by molar-refractivity contribution is 1.42. The van der Waals surface area contributed by atoms with E-state index < -0.39 is 0 Å². The highest BCUT2D eigenvalue weighted by molar-refractivity contribution is 9.10. The Morgan fingerprint density at radius 1 is 0.857 bits per heavy atom. The van der Waals surface area contributed by atoms with Gasteiger partial charge >= 0.3 is 0 Å². The molecule has 3 heteroatoms. The molecule has 0 aliphatic carbocycles. The molecule has 0 spiro atoms. The van der Waals surface area contributed by atoms with Gasteiger partial charge in [-0.25, -0.2) is 0 Å². The maximum atomic E-state index is 3.54. The smallest absolute Gasteiger partial charge is 0.0289 e. The SMILES string of the molecule is BrCC(CBr)=C(CBr)c1ccccc1. The second-order valence-electron chi connectivity index (χ2n) is 2.85. The molecule has 0 aromatic heterocycles. The highest BCUT2D eigenvalue weighted by atomic mass is 79.9. The predicted octanol–water partition coefficient (Wildman–Crippen LogP) is 4.62. The van der Waals surface area contributed by atoms with Crippen LogP contribution in [0.4, 0.5) is 0 Å². The quantitative estimate of drug-likeness (QED) is 0.666. The van der Waals surface area contributed by atoms with Crippen molar-refractivity contribution in [2.24, 2.45) is 0 Å². The lowest BCUT2D eigenvalue weighted by Gasteiger charge is -2.09. The van der Waals surface area contributed by atoms with Gasteiger partial charge in [-0.1, -0.05) is 78.1 Å². The number of benzene rings is 1. The predicted molar refractivity (Wildman–Crippen MR) is 74.7 cm³/mol. The molecule has 0 aliphatic heterocycles. The van der Waals surface area contributed by atoms with Crippen molar-refractivity contribution in [3.8, 4) is 0 Å². The van der Waals surface area contributed by atoms with Crippen molar-refractivity contribution in [3.63, 3.8) is 0 Å². The Morgan fingerprint density at radius 2 is 1.43 bits per heavy atom. The molecule has 1 aromatic rings. The fraction of sp³-hybridized carbons (Fsp3) is 0.273. The van der Waals surface area contributed by atoms with Crippen molar-refractivity contribution >= 4 is 53.4 Å². The number of allylic oxidation sites excluding steroid dienone is 2. The minimum Gasteiger partial charge on any atom is -0.0879 e. The first-order valence-electron chi connectivity index (χ1n) is 4.27. The second-order valence-corrected chi connectivity index (χ2v) is 4.53. The van der Waals surface area contributed by atoms with Gasteiger partial charge in [-0.05, 0) is 16.7 Å². The Bertz CT molecular complexity index is 298. The molecule has 0 amide bonds. The van der Waals surface area contributed by atoms with Crippen molar-refractivity contribution in [3.05, 3.63) is 41.5 Å². The first-order chi connectivity index (χ1) is 6.83. The van der Waals surface area contributed by atoms with Crippen LogP contribution in [-0.2, 0) is 0 Å². The highest BCUT2D eigenvalue weighted by Gasteiger charge is 2.05. The monoisotopic (exact) mass is 380 g/mol. The molecule has 0 aliphatic rings. The molecule has 76 valence electrons. The third-order valence-electron chi connectivity index (χ3n) is 2.01. The lowest BCUT2D eigenvalue weighted by atomic mass is 10.0. The second kappa shape index (κ2) is 6.81. The summed E-state index contributed by atoms with van der Waals surface area (Å²) in [5.41, 5.74) is 4.03. The highest BCUT2D eigenvalue weighted by Crippen LogP contribution is 2.23. The Balaban J connectivity index is 3.09.